The van der Waals surface area contributed by atoms with Crippen LogP contribution < -0.4 is 11.1 Å². The van der Waals surface area contributed by atoms with E-state index in [0.29, 0.717) is 6.54 Å². The summed E-state index contributed by atoms with van der Waals surface area (Å²) in [4.78, 5) is 11.7. The Morgan fingerprint density at radius 2 is 2.06 bits per heavy atom. The Hall–Kier alpha value is -0.610. The number of methoxy groups -OCH3 is 1. The van der Waals surface area contributed by atoms with E-state index >= 15 is 0 Å². The molecule has 0 saturated heterocycles. The van der Waals surface area contributed by atoms with Gasteiger partial charge in [0, 0.05) is 20.3 Å². The van der Waals surface area contributed by atoms with Crippen LogP contribution in [0.15, 0.2) is 0 Å². The highest BCUT2D eigenvalue weighted by molar-refractivity contribution is 5.85. The lowest BCUT2D eigenvalue weighted by Crippen LogP contribution is -2.51. The van der Waals surface area contributed by atoms with Gasteiger partial charge < -0.3 is 15.8 Å². The summed E-state index contributed by atoms with van der Waals surface area (Å²) in [5.41, 5.74) is 5.18. The van der Waals surface area contributed by atoms with E-state index in [1.54, 1.807) is 14.0 Å². The van der Waals surface area contributed by atoms with Gasteiger partial charge in [-0.3, -0.25) is 4.79 Å². The van der Waals surface area contributed by atoms with E-state index in [4.69, 9.17) is 10.5 Å². The number of rotatable bonds is 9. The van der Waals surface area contributed by atoms with Crippen molar-refractivity contribution in [3.05, 3.63) is 0 Å². The van der Waals surface area contributed by atoms with Crippen LogP contribution in [0.4, 0.5) is 0 Å². The molecule has 0 rings (SSSR count). The third kappa shape index (κ3) is 6.80. The van der Waals surface area contributed by atoms with Crippen molar-refractivity contribution >= 4 is 5.91 Å². The molecule has 0 aliphatic rings. The second kappa shape index (κ2) is 8.53. The van der Waals surface area contributed by atoms with Crippen molar-refractivity contribution in [1.82, 2.24) is 5.32 Å². The highest BCUT2D eigenvalue weighted by Crippen LogP contribution is 2.08. The molecule has 1 amide bonds. The summed E-state index contributed by atoms with van der Waals surface area (Å²) in [5, 5.41) is 2.88. The maximum absolute atomic E-state index is 11.7. The summed E-state index contributed by atoms with van der Waals surface area (Å²) >= 11 is 0. The second-order valence-electron chi connectivity index (χ2n) is 4.48. The van der Waals surface area contributed by atoms with E-state index in [0.717, 1.165) is 38.7 Å². The monoisotopic (exact) mass is 230 g/mol. The molecule has 3 N–H and O–H groups in total. The van der Waals surface area contributed by atoms with E-state index in [-0.39, 0.29) is 5.91 Å². The van der Waals surface area contributed by atoms with Crippen molar-refractivity contribution in [3.63, 3.8) is 0 Å². The van der Waals surface area contributed by atoms with Gasteiger partial charge in [-0.15, -0.1) is 0 Å². The van der Waals surface area contributed by atoms with Crippen LogP contribution in [0.3, 0.4) is 0 Å². The van der Waals surface area contributed by atoms with E-state index in [1.165, 1.54) is 0 Å². The number of carbonyl (C=O) groups excluding carboxylic acids is 1. The molecule has 0 aromatic carbocycles. The molecule has 1 atom stereocenters. The minimum absolute atomic E-state index is 0.0407. The minimum Gasteiger partial charge on any atom is -0.385 e. The van der Waals surface area contributed by atoms with Crippen LogP contribution in [0.2, 0.25) is 0 Å². The summed E-state index contributed by atoms with van der Waals surface area (Å²) in [7, 11) is 1.70. The Balaban J connectivity index is 3.57. The average Bonchev–Trinajstić information content (AvgIpc) is 2.22. The molecule has 0 radical (unpaired) electrons. The quantitative estimate of drug-likeness (QED) is 0.589. The standard InChI is InChI=1S/C12H26N2O2/c1-4-8-12(2,13)11(15)14-9-6-5-7-10-16-3/h4-10,13H2,1-3H3,(H,14,15). The Kier molecular flexibility index (Phi) is 8.21. The number of carbonyl (C=O) groups is 1. The lowest BCUT2D eigenvalue weighted by molar-refractivity contribution is -0.126. The summed E-state index contributed by atoms with van der Waals surface area (Å²) in [5.74, 6) is -0.0407. The van der Waals surface area contributed by atoms with Gasteiger partial charge in [0.25, 0.3) is 0 Å². The highest BCUT2D eigenvalue weighted by atomic mass is 16.5. The zero-order valence-electron chi connectivity index (χ0n) is 10.8. The second-order valence-corrected chi connectivity index (χ2v) is 4.48. The molecule has 4 heteroatoms. The van der Waals surface area contributed by atoms with Crippen LogP contribution in [0.25, 0.3) is 0 Å². The summed E-state index contributed by atoms with van der Waals surface area (Å²) in [6.45, 7) is 5.32. The zero-order chi connectivity index (χ0) is 12.4. The molecule has 0 aliphatic carbocycles. The smallest absolute Gasteiger partial charge is 0.239 e. The van der Waals surface area contributed by atoms with Crippen LogP contribution in [-0.4, -0.2) is 31.7 Å². The van der Waals surface area contributed by atoms with Crippen molar-refractivity contribution in [2.24, 2.45) is 5.73 Å². The topological polar surface area (TPSA) is 64.4 Å². The fraction of sp³-hybridized carbons (Fsp3) is 0.917. The lowest BCUT2D eigenvalue weighted by atomic mass is 9.96. The van der Waals surface area contributed by atoms with E-state index in [2.05, 4.69) is 5.32 Å². The first-order valence-electron chi connectivity index (χ1n) is 6.10. The van der Waals surface area contributed by atoms with Crippen molar-refractivity contribution in [2.75, 3.05) is 20.3 Å². The van der Waals surface area contributed by atoms with Crippen molar-refractivity contribution in [2.45, 2.75) is 51.5 Å². The molecule has 0 aromatic heterocycles. The molecular formula is C12H26N2O2. The van der Waals surface area contributed by atoms with Gasteiger partial charge in [0.05, 0.1) is 5.54 Å². The average molecular weight is 230 g/mol. The first kappa shape index (κ1) is 15.4. The fourth-order valence-electron chi connectivity index (χ4n) is 1.58. The zero-order valence-corrected chi connectivity index (χ0v) is 10.8. The molecule has 0 fully saturated rings. The molecule has 96 valence electrons. The predicted molar refractivity (Wildman–Crippen MR) is 66.2 cm³/mol. The third-order valence-electron chi connectivity index (χ3n) is 2.60. The van der Waals surface area contributed by atoms with Crippen LogP contribution in [0, 0.1) is 0 Å². The SMILES string of the molecule is CCCC(C)(N)C(=O)NCCCCCOC. The third-order valence-corrected chi connectivity index (χ3v) is 2.60. The van der Waals surface area contributed by atoms with E-state index in [9.17, 15) is 4.79 Å². The molecule has 0 saturated carbocycles. The molecular weight excluding hydrogens is 204 g/mol. The Morgan fingerprint density at radius 3 is 2.62 bits per heavy atom. The first-order valence-corrected chi connectivity index (χ1v) is 6.10. The van der Waals surface area contributed by atoms with Crippen LogP contribution in [-0.2, 0) is 9.53 Å². The number of hydrogen-bond acceptors (Lipinski definition) is 3. The maximum Gasteiger partial charge on any atom is 0.239 e. The first-order chi connectivity index (χ1) is 7.54. The lowest BCUT2D eigenvalue weighted by Gasteiger charge is -2.22. The van der Waals surface area contributed by atoms with Gasteiger partial charge in [-0.05, 0) is 32.6 Å². The summed E-state index contributed by atoms with van der Waals surface area (Å²) in [6.07, 6.45) is 4.75. The number of ether oxygens (including phenoxy) is 1. The maximum atomic E-state index is 11.7. The minimum atomic E-state index is -0.721. The highest BCUT2D eigenvalue weighted by Gasteiger charge is 2.26. The normalized spacial score (nSPS) is 14.5. The molecule has 0 bridgehead atoms. The van der Waals surface area contributed by atoms with Crippen molar-refractivity contribution < 1.29 is 9.53 Å². The van der Waals surface area contributed by atoms with Gasteiger partial charge in [0.15, 0.2) is 0 Å². The molecule has 0 spiro atoms. The Labute approximate surface area is 98.9 Å². The number of amides is 1. The van der Waals surface area contributed by atoms with Gasteiger partial charge in [-0.25, -0.2) is 0 Å². The van der Waals surface area contributed by atoms with Crippen molar-refractivity contribution in [1.29, 1.82) is 0 Å². The number of nitrogens with one attached hydrogen (secondary N) is 1. The Bertz CT molecular complexity index is 193. The van der Waals surface area contributed by atoms with Crippen molar-refractivity contribution in [3.8, 4) is 0 Å². The van der Waals surface area contributed by atoms with E-state index < -0.39 is 5.54 Å². The summed E-state index contributed by atoms with van der Waals surface area (Å²) < 4.78 is 4.95. The molecule has 0 heterocycles. The molecule has 0 aliphatic heterocycles. The summed E-state index contributed by atoms with van der Waals surface area (Å²) in [6, 6.07) is 0. The number of nitrogens with two attached hydrogens (primary N) is 1. The van der Waals surface area contributed by atoms with Gasteiger partial charge in [0.1, 0.15) is 0 Å². The van der Waals surface area contributed by atoms with Crippen LogP contribution in [0.1, 0.15) is 46.0 Å². The van der Waals surface area contributed by atoms with Gasteiger partial charge in [0.2, 0.25) is 5.91 Å². The Morgan fingerprint density at radius 1 is 1.38 bits per heavy atom. The van der Waals surface area contributed by atoms with Crippen LogP contribution >= 0.6 is 0 Å². The molecule has 4 nitrogen and oxygen atoms in total. The molecule has 1 unspecified atom stereocenters. The number of hydrogen-bond donors (Lipinski definition) is 2. The van der Waals surface area contributed by atoms with Gasteiger partial charge >= 0.3 is 0 Å². The molecule has 0 aromatic rings. The van der Waals surface area contributed by atoms with Gasteiger partial charge in [-0.1, -0.05) is 13.3 Å². The van der Waals surface area contributed by atoms with Crippen LogP contribution in [0.5, 0.6) is 0 Å². The van der Waals surface area contributed by atoms with E-state index in [1.807, 2.05) is 6.92 Å². The largest absolute Gasteiger partial charge is 0.385 e. The predicted octanol–water partition coefficient (Wildman–Crippen LogP) is 1.44. The van der Waals surface area contributed by atoms with Gasteiger partial charge in [-0.2, -0.15) is 0 Å². The molecule has 16 heavy (non-hydrogen) atoms. The fourth-order valence-corrected chi connectivity index (χ4v) is 1.58. The number of unbranched alkanes of at least 4 members (excludes halogenated alkanes) is 2.